The third-order valence-electron chi connectivity index (χ3n) is 6.13. The second-order valence-electron chi connectivity index (χ2n) is 9.99. The molecule has 0 unspecified atom stereocenters. The molecule has 0 spiro atoms. The van der Waals surface area contributed by atoms with E-state index in [1.807, 2.05) is 27.0 Å². The Bertz CT molecular complexity index is 2110. The van der Waals surface area contributed by atoms with Crippen LogP contribution in [0.15, 0.2) is 74.4 Å². The molecule has 0 saturated heterocycles. The fourth-order valence-corrected chi connectivity index (χ4v) is 3.91. The van der Waals surface area contributed by atoms with Crippen molar-refractivity contribution in [1.29, 1.82) is 0 Å². The van der Waals surface area contributed by atoms with Gasteiger partial charge in [0.1, 0.15) is 25.0 Å². The number of carbonyl (C=O) groups is 1. The van der Waals surface area contributed by atoms with Gasteiger partial charge >= 0.3 is 103 Å². The molecular formula is C32H39ClK2N12O10. The van der Waals surface area contributed by atoms with Crippen molar-refractivity contribution >= 4 is 35.1 Å². The molecule has 0 aliphatic heterocycles. The Kier molecular flexibility index (Phi) is 28.4. The van der Waals surface area contributed by atoms with E-state index in [-0.39, 0.29) is 140 Å². The second kappa shape index (κ2) is 29.3. The number of nitrogens with one attached hydrogen (secondary N) is 1. The maximum Gasteiger partial charge on any atom is 1.00 e. The molecule has 6 heterocycles. The number of nitrogens with two attached hydrogens (primary N) is 1. The van der Waals surface area contributed by atoms with Gasteiger partial charge in [0.25, 0.3) is 17.8 Å². The molecule has 57 heavy (non-hydrogen) atoms. The molecule has 0 saturated carbocycles. The minimum Gasteiger partial charge on any atom is -1.00 e. The third-order valence-corrected chi connectivity index (χ3v) is 6.42. The number of rotatable bonds is 8. The van der Waals surface area contributed by atoms with Crippen LogP contribution in [0.5, 0.6) is 17.2 Å². The molecule has 6 rings (SSSR count). The smallest absolute Gasteiger partial charge is 1.00 e. The summed E-state index contributed by atoms with van der Waals surface area (Å²) in [6.45, 7) is 5.54. The number of nitro groups is 2. The number of ether oxygens (including phenoxy) is 3. The molecule has 0 aromatic carbocycles. The van der Waals surface area contributed by atoms with E-state index in [0.29, 0.717) is 28.8 Å². The topological polar surface area (TPSA) is 292 Å². The van der Waals surface area contributed by atoms with Gasteiger partial charge in [-0.3, -0.25) is 34.2 Å². The molecule has 296 valence electrons. The Morgan fingerprint density at radius 2 is 1.21 bits per heavy atom. The van der Waals surface area contributed by atoms with Crippen LogP contribution in [0.1, 0.15) is 25.9 Å². The van der Waals surface area contributed by atoms with Gasteiger partial charge in [-0.15, -0.1) is 0 Å². The van der Waals surface area contributed by atoms with Gasteiger partial charge in [-0.05, 0) is 20.8 Å². The molecule has 0 aliphatic carbocycles. The predicted octanol–water partition coefficient (Wildman–Crippen LogP) is -1.78. The number of nitrogen functional groups attached to an aromatic ring is 1. The van der Waals surface area contributed by atoms with Crippen LogP contribution in [0.3, 0.4) is 0 Å². The zero-order valence-electron chi connectivity index (χ0n) is 32.5. The molecule has 0 radical (unpaired) electrons. The Morgan fingerprint density at radius 1 is 0.772 bits per heavy atom. The molecule has 25 heteroatoms. The number of aryl methyl sites for hydroxylation is 3. The molecule has 0 fully saturated rings. The zero-order valence-corrected chi connectivity index (χ0v) is 38.5. The van der Waals surface area contributed by atoms with E-state index in [9.17, 15) is 20.2 Å². The van der Waals surface area contributed by atoms with Gasteiger partial charge in [-0.2, -0.15) is 0 Å². The van der Waals surface area contributed by atoms with Crippen LogP contribution < -0.4 is 128 Å². The van der Waals surface area contributed by atoms with Crippen molar-refractivity contribution in [2.75, 3.05) is 27.1 Å². The summed E-state index contributed by atoms with van der Waals surface area (Å²) in [7, 11) is 4.39. The van der Waals surface area contributed by atoms with Crippen LogP contribution in [0.25, 0.3) is 11.6 Å². The molecule has 3 N–H and O–H groups in total. The largest absolute Gasteiger partial charge is 1.00 e. The van der Waals surface area contributed by atoms with E-state index in [1.165, 1.54) is 32.5 Å². The monoisotopic (exact) mass is 864 g/mol. The van der Waals surface area contributed by atoms with Gasteiger partial charge in [-0.25, -0.2) is 29.9 Å². The molecule has 22 nitrogen and oxygen atoms in total. The van der Waals surface area contributed by atoms with E-state index < -0.39 is 9.85 Å². The van der Waals surface area contributed by atoms with Crippen molar-refractivity contribution in [2.45, 2.75) is 28.2 Å². The first-order chi connectivity index (χ1) is 25.8. The van der Waals surface area contributed by atoms with E-state index in [0.717, 1.165) is 23.3 Å². The van der Waals surface area contributed by atoms with Crippen molar-refractivity contribution in [2.24, 2.45) is 0 Å². The van der Waals surface area contributed by atoms with Gasteiger partial charge < -0.3 is 36.5 Å². The van der Waals surface area contributed by atoms with Crippen molar-refractivity contribution in [3.63, 3.8) is 0 Å². The van der Waals surface area contributed by atoms with Crippen LogP contribution in [0, 0.1) is 41.0 Å². The van der Waals surface area contributed by atoms with Crippen LogP contribution in [-0.2, 0) is 9.68 Å². The molecule has 0 aliphatic rings. The fourth-order valence-electron chi connectivity index (χ4n) is 3.73. The maximum atomic E-state index is 10.6. The summed E-state index contributed by atoms with van der Waals surface area (Å²) in [6.07, 6.45) is 14.2. The first-order valence-electron chi connectivity index (χ1n) is 14.8. The molecular weight excluding hydrogens is 826 g/mol. The first kappa shape index (κ1) is 55.2. The van der Waals surface area contributed by atoms with E-state index in [1.54, 1.807) is 59.9 Å². The minimum atomic E-state index is -0.564. The van der Waals surface area contributed by atoms with E-state index >= 15 is 0 Å². The fraction of sp³-hybridized carbons (Fsp3) is 0.219. The van der Waals surface area contributed by atoms with Crippen LogP contribution in [-0.4, -0.2) is 81.7 Å². The summed E-state index contributed by atoms with van der Waals surface area (Å²) < 4.78 is 18.5. The zero-order chi connectivity index (χ0) is 40.2. The quantitative estimate of drug-likeness (QED) is 0.0427. The standard InChI is InChI=1S/C10H10N4O3.C10H12N4O.C6H5ClN2O3.C4H6N2.CH2O3.CH4.2K.H/c1-7-5-13(6-12-7)10-9(17-2)3-8(4-11-10)14(15)16;1-7-5-14(6-13-7)10-9(15-2)3-8(11)4-12-10;1-12-5-2-4(9(10)11)3-8-6(5)7;1-4-2-5-3-6-4;2-1-4-3;;;;/h3-6H,1-2H3;3-6H,11H2,1-2H3;2-3H,1H3;2-3H,1H3,(H,5,6);1,3H;1H4;;;/q;;;;;;2*+1;-1/p-1. The summed E-state index contributed by atoms with van der Waals surface area (Å²) in [4.78, 5) is 57.7. The van der Waals surface area contributed by atoms with Crippen LogP contribution >= 0.6 is 11.6 Å². The average Bonchev–Trinajstić information content (AvgIpc) is 3.95. The number of aromatic nitrogens is 9. The Hall–Kier alpha value is -3.93. The Labute approximate surface area is 418 Å². The number of hydrogen-bond donors (Lipinski definition) is 2. The molecule has 6 aromatic heterocycles. The number of methoxy groups -OCH3 is 3. The van der Waals surface area contributed by atoms with Crippen molar-refractivity contribution in [3.05, 3.63) is 117 Å². The molecule has 0 amide bonds. The van der Waals surface area contributed by atoms with E-state index in [2.05, 4.69) is 39.8 Å². The van der Waals surface area contributed by atoms with Gasteiger partial charge in [0, 0.05) is 30.4 Å². The van der Waals surface area contributed by atoms with E-state index in [4.69, 9.17) is 41.6 Å². The SMILES string of the molecule is C.COc1cc(N)cnc1-n1cnc(C)c1.COc1cc([N+](=O)[O-])cnc1-n1cnc(C)c1.COc1cc([N+](=O)[O-])cnc1Cl.Cc1cnc[nH]1.O=CO[O-].[H-].[K+].[K+]. The molecule has 0 atom stereocenters. The van der Waals surface area contributed by atoms with Gasteiger partial charge in [0.05, 0.1) is 72.9 Å². The van der Waals surface area contributed by atoms with Gasteiger partial charge in [0.2, 0.25) is 0 Å². The Morgan fingerprint density at radius 3 is 1.56 bits per heavy atom. The van der Waals surface area contributed by atoms with Crippen LogP contribution in [0.4, 0.5) is 17.1 Å². The summed E-state index contributed by atoms with van der Waals surface area (Å²) in [5, 5.41) is 29.4. The first-order valence-corrected chi connectivity index (χ1v) is 15.2. The van der Waals surface area contributed by atoms with Crippen LogP contribution in [0.2, 0.25) is 5.15 Å². The number of H-pyrrole nitrogens is 1. The average molecular weight is 865 g/mol. The van der Waals surface area contributed by atoms with Gasteiger partial charge in [-0.1, -0.05) is 19.0 Å². The predicted molar refractivity (Wildman–Crippen MR) is 197 cm³/mol. The third kappa shape index (κ3) is 18.9. The number of hydrogen-bond acceptors (Lipinski definition) is 17. The summed E-state index contributed by atoms with van der Waals surface area (Å²) in [5.41, 5.74) is 8.80. The molecule has 6 aromatic rings. The number of imidazole rings is 3. The van der Waals surface area contributed by atoms with Crippen molar-refractivity contribution in [3.8, 4) is 28.9 Å². The second-order valence-corrected chi connectivity index (χ2v) is 10.3. The number of carbonyl (C=O) groups excluding carboxylic acids is 1. The number of pyridine rings is 3. The number of aromatic amines is 1. The Balaban J connectivity index is -0.000000684. The summed E-state index contributed by atoms with van der Waals surface area (Å²) in [6, 6.07) is 4.28. The van der Waals surface area contributed by atoms with Crippen molar-refractivity contribution < 1.29 is 143 Å². The minimum absolute atomic E-state index is 0. The summed E-state index contributed by atoms with van der Waals surface area (Å²) in [5.74, 6) is 2.32. The normalized spacial score (nSPS) is 9.05. The summed E-state index contributed by atoms with van der Waals surface area (Å²) >= 11 is 5.54. The van der Waals surface area contributed by atoms with Crippen molar-refractivity contribution in [1.82, 2.24) is 44.0 Å². The number of anilines is 1. The number of nitrogens with zero attached hydrogens (tertiary/aromatic N) is 10. The molecule has 0 bridgehead atoms. The maximum absolute atomic E-state index is 10.6. The number of halogens is 1. The van der Waals surface area contributed by atoms with Gasteiger partial charge in [0.15, 0.2) is 34.0 Å².